The lowest BCUT2D eigenvalue weighted by Gasteiger charge is -2.40. The maximum Gasteiger partial charge on any atom is 0.0736 e. The van der Waals surface area contributed by atoms with Gasteiger partial charge < -0.3 is 4.90 Å². The van der Waals surface area contributed by atoms with Crippen LogP contribution in [0.4, 0.5) is 17.1 Å². The first-order valence-corrected chi connectivity index (χ1v) is 30.8. The minimum Gasteiger partial charge on any atom is -0.309 e. The van der Waals surface area contributed by atoms with Gasteiger partial charge in [0, 0.05) is 36.4 Å². The molecule has 0 fully saturated rings. The molecule has 13 aromatic carbocycles. The van der Waals surface area contributed by atoms with Gasteiger partial charge in [0.25, 0.3) is 0 Å². The molecule has 0 N–H and O–H groups in total. The summed E-state index contributed by atoms with van der Waals surface area (Å²) in [5, 5.41) is 0. The summed E-state index contributed by atoms with van der Waals surface area (Å²) in [7, 11) is 0. The van der Waals surface area contributed by atoms with Gasteiger partial charge in [0.15, 0.2) is 0 Å². The van der Waals surface area contributed by atoms with E-state index >= 15 is 0 Å². The van der Waals surface area contributed by atoms with Gasteiger partial charge in [-0.25, -0.2) is 0 Å². The number of hydrogen-bond acceptors (Lipinski definition) is 3. The molecule has 0 amide bonds. The standard InChI is InChI=1S/C81H51NS2/c1-3-25-52(26-4-1)79(53-27-5-2-6-28-53)62-35-12-8-31-58(62)77-57(33-23-41-69(77)79)56-30-10-18-43-71(56)82(54-49-50-64-60(51-54)55-29-7-11-34-61(55)80(64)65-37-14-19-45-73(65)83-74-46-20-15-38-66(74)80)72-44-24-42-70-78(72)59-32-9-13-36-63(59)81(70)67-39-16-21-47-75(67)84-76-48-22-17-40-68(76)81/h1-51H. The highest BCUT2D eigenvalue weighted by Gasteiger charge is 2.53. The van der Waals surface area contributed by atoms with Gasteiger partial charge in [0.1, 0.15) is 0 Å². The Morgan fingerprint density at radius 3 is 1.13 bits per heavy atom. The van der Waals surface area contributed by atoms with Crippen LogP contribution >= 0.6 is 23.5 Å². The minimum atomic E-state index is -0.559. The predicted molar refractivity (Wildman–Crippen MR) is 347 cm³/mol. The summed E-state index contributed by atoms with van der Waals surface area (Å²) in [4.78, 5) is 7.82. The Kier molecular flexibility index (Phi) is 10.4. The molecule has 0 atom stereocenters. The molecule has 3 heteroatoms. The minimum absolute atomic E-state index is 0.507. The van der Waals surface area contributed by atoms with Crippen molar-refractivity contribution < 1.29 is 0 Å². The number of para-hydroxylation sites is 1. The summed E-state index contributed by atoms with van der Waals surface area (Å²) < 4.78 is 0. The van der Waals surface area contributed by atoms with Crippen LogP contribution in [0.1, 0.15) is 66.8 Å². The van der Waals surface area contributed by atoms with Crippen molar-refractivity contribution in [1.29, 1.82) is 0 Å². The van der Waals surface area contributed by atoms with Crippen molar-refractivity contribution >= 4 is 40.6 Å². The first kappa shape index (κ1) is 47.9. The quantitative estimate of drug-likeness (QED) is 0.163. The Hall–Kier alpha value is -9.64. The van der Waals surface area contributed by atoms with E-state index in [1.165, 1.54) is 125 Å². The highest BCUT2D eigenvalue weighted by molar-refractivity contribution is 7.99. The van der Waals surface area contributed by atoms with Crippen molar-refractivity contribution in [3.8, 4) is 44.5 Å². The second-order valence-corrected chi connectivity index (χ2v) is 25.0. The zero-order chi connectivity index (χ0) is 55.1. The van der Waals surface area contributed by atoms with E-state index in [4.69, 9.17) is 0 Å². The van der Waals surface area contributed by atoms with Crippen LogP contribution in [0.15, 0.2) is 329 Å². The number of anilines is 3. The third-order valence-corrected chi connectivity index (χ3v) is 21.4. The molecule has 3 aliphatic carbocycles. The Balaban J connectivity index is 0.942. The van der Waals surface area contributed by atoms with Crippen LogP contribution in [-0.4, -0.2) is 0 Å². The number of hydrogen-bond donors (Lipinski definition) is 0. The average molecular weight is 1100 g/mol. The fourth-order valence-corrected chi connectivity index (χ4v) is 18.5. The number of benzene rings is 13. The van der Waals surface area contributed by atoms with E-state index < -0.39 is 16.2 Å². The first-order valence-electron chi connectivity index (χ1n) is 29.2. The highest BCUT2D eigenvalue weighted by Crippen LogP contribution is 2.67. The second-order valence-electron chi connectivity index (χ2n) is 22.8. The molecule has 0 aromatic heterocycles. The zero-order valence-electron chi connectivity index (χ0n) is 45.7. The molecule has 1 nitrogen and oxygen atoms in total. The smallest absolute Gasteiger partial charge is 0.0736 e. The van der Waals surface area contributed by atoms with Crippen molar-refractivity contribution in [2.45, 2.75) is 35.8 Å². The second kappa shape index (κ2) is 18.2. The van der Waals surface area contributed by atoms with Gasteiger partial charge in [-0.2, -0.15) is 0 Å². The lowest BCUT2D eigenvalue weighted by Crippen LogP contribution is -2.32. The Morgan fingerprint density at radius 2 is 0.571 bits per heavy atom. The van der Waals surface area contributed by atoms with E-state index in [1.807, 2.05) is 23.5 Å². The van der Waals surface area contributed by atoms with Crippen LogP contribution in [-0.2, 0) is 16.2 Å². The largest absolute Gasteiger partial charge is 0.309 e. The Labute approximate surface area is 498 Å². The molecule has 0 unspecified atom stereocenters. The third-order valence-electron chi connectivity index (χ3n) is 19.1. The molecule has 5 aliphatic rings. The summed E-state index contributed by atoms with van der Waals surface area (Å²) in [6.07, 6.45) is 0. The molecule has 18 rings (SSSR count). The third kappa shape index (κ3) is 6.22. The maximum atomic E-state index is 2.63. The monoisotopic (exact) mass is 1100 g/mol. The van der Waals surface area contributed by atoms with Crippen molar-refractivity contribution in [2.75, 3.05) is 4.90 Å². The molecule has 392 valence electrons. The van der Waals surface area contributed by atoms with Crippen molar-refractivity contribution in [2.24, 2.45) is 0 Å². The summed E-state index contributed by atoms with van der Waals surface area (Å²) in [5.41, 5.74) is 27.3. The number of nitrogens with zero attached hydrogens (tertiary/aromatic N) is 1. The fraction of sp³-hybridized carbons (Fsp3) is 0.0370. The molecule has 13 aromatic rings. The van der Waals surface area contributed by atoms with Crippen LogP contribution in [0.25, 0.3) is 44.5 Å². The first-order chi connectivity index (χ1) is 41.7. The molecular weight excluding hydrogens is 1050 g/mol. The summed E-state index contributed by atoms with van der Waals surface area (Å²) in [6.45, 7) is 0. The molecule has 2 heterocycles. The predicted octanol–water partition coefficient (Wildman–Crippen LogP) is 20.8. The van der Waals surface area contributed by atoms with E-state index in [-0.39, 0.29) is 0 Å². The SMILES string of the molecule is c1ccc(C2(c3ccccc3)c3ccccc3-c3c(-c4ccccc4N(c4ccc5c(c4)-c4ccccc4C54c5ccccc5Sc5ccccc54)c4cccc5c4-c4ccccc4C54c5ccccc5Sc5ccccc54)cccc32)cc1. The zero-order valence-corrected chi connectivity index (χ0v) is 47.3. The van der Waals surface area contributed by atoms with Crippen LogP contribution in [0, 0.1) is 0 Å². The molecule has 0 saturated heterocycles. The summed E-state index contributed by atoms with van der Waals surface area (Å²) in [5.74, 6) is 0. The van der Waals surface area contributed by atoms with E-state index in [1.54, 1.807) is 0 Å². The van der Waals surface area contributed by atoms with Crippen molar-refractivity contribution in [3.05, 3.63) is 376 Å². The molecule has 2 aliphatic heterocycles. The van der Waals surface area contributed by atoms with Gasteiger partial charge in [0.05, 0.1) is 27.6 Å². The molecule has 84 heavy (non-hydrogen) atoms. The number of rotatable bonds is 6. The lowest BCUT2D eigenvalue weighted by molar-refractivity contribution is 0.722. The van der Waals surface area contributed by atoms with E-state index in [2.05, 4.69) is 314 Å². The molecular formula is C81H51NS2. The van der Waals surface area contributed by atoms with E-state index in [0.29, 0.717) is 0 Å². The van der Waals surface area contributed by atoms with Gasteiger partial charge >= 0.3 is 0 Å². The average Bonchev–Trinajstić information content (AvgIpc) is 1.56. The van der Waals surface area contributed by atoms with Crippen LogP contribution in [0.5, 0.6) is 0 Å². The normalized spacial score (nSPS) is 14.9. The Morgan fingerprint density at radius 1 is 0.214 bits per heavy atom. The Bertz CT molecular complexity index is 4750. The van der Waals surface area contributed by atoms with Gasteiger partial charge in [0.2, 0.25) is 0 Å². The summed E-state index contributed by atoms with van der Waals surface area (Å²) >= 11 is 3.79. The lowest BCUT2D eigenvalue weighted by atomic mass is 9.67. The van der Waals surface area contributed by atoms with Crippen LogP contribution < -0.4 is 4.90 Å². The van der Waals surface area contributed by atoms with Gasteiger partial charge in [-0.15, -0.1) is 0 Å². The van der Waals surface area contributed by atoms with Gasteiger partial charge in [-0.1, -0.05) is 284 Å². The maximum absolute atomic E-state index is 2.63. The van der Waals surface area contributed by atoms with Crippen molar-refractivity contribution in [1.82, 2.24) is 0 Å². The van der Waals surface area contributed by atoms with E-state index in [9.17, 15) is 0 Å². The topological polar surface area (TPSA) is 3.24 Å². The molecule has 2 spiro atoms. The van der Waals surface area contributed by atoms with Gasteiger partial charge in [-0.3, -0.25) is 0 Å². The van der Waals surface area contributed by atoms with Gasteiger partial charge in [-0.05, 0) is 149 Å². The number of fused-ring (bicyclic) bond motifs is 21. The highest BCUT2D eigenvalue weighted by atomic mass is 32.2. The van der Waals surface area contributed by atoms with Crippen molar-refractivity contribution in [3.63, 3.8) is 0 Å². The van der Waals surface area contributed by atoms with Crippen LogP contribution in [0.2, 0.25) is 0 Å². The summed E-state index contributed by atoms with van der Waals surface area (Å²) in [6, 6.07) is 118. The molecule has 0 bridgehead atoms. The van der Waals surface area contributed by atoms with Crippen LogP contribution in [0.3, 0.4) is 0 Å². The molecule has 0 radical (unpaired) electrons. The van der Waals surface area contributed by atoms with E-state index in [0.717, 1.165) is 22.6 Å². The molecule has 0 saturated carbocycles. The fourth-order valence-electron chi connectivity index (χ4n) is 16.1.